The highest BCUT2D eigenvalue weighted by molar-refractivity contribution is 6.30. The maximum Gasteiger partial charge on any atom is 0.220 e. The van der Waals surface area contributed by atoms with Crippen molar-refractivity contribution in [3.05, 3.63) is 83.5 Å². The number of methoxy groups -OCH3 is 1. The first kappa shape index (κ1) is 21.3. The second kappa shape index (κ2) is 9.45. The number of hydrogen-bond acceptors (Lipinski definition) is 7. The number of phenolic OH excluding ortho intramolecular Hbond substituents is 1. The molecule has 32 heavy (non-hydrogen) atoms. The smallest absolute Gasteiger partial charge is 0.220 e. The molecule has 0 radical (unpaired) electrons. The summed E-state index contributed by atoms with van der Waals surface area (Å²) >= 11 is 6.01. The third-order valence-corrected chi connectivity index (χ3v) is 4.82. The molecule has 1 aromatic heterocycles. The zero-order valence-corrected chi connectivity index (χ0v) is 17.9. The zero-order valence-electron chi connectivity index (χ0n) is 17.2. The van der Waals surface area contributed by atoms with Gasteiger partial charge in [-0.3, -0.25) is 0 Å². The number of para-hydroxylation sites is 2. The number of phenols is 1. The maximum atomic E-state index is 10.7. The minimum absolute atomic E-state index is 0.0448. The molecule has 3 N–H and O–H groups in total. The van der Waals surface area contributed by atoms with E-state index < -0.39 is 0 Å². The first-order valence-corrected chi connectivity index (χ1v) is 10.1. The van der Waals surface area contributed by atoms with Crippen molar-refractivity contribution in [3.63, 3.8) is 0 Å². The Morgan fingerprint density at radius 3 is 2.53 bits per heavy atom. The highest BCUT2D eigenvalue weighted by atomic mass is 35.5. The number of nitrogens with zero attached hydrogens (tertiary/aromatic N) is 2. The number of ether oxygens (including phenoxy) is 3. The fourth-order valence-electron chi connectivity index (χ4n) is 3.07. The largest absolute Gasteiger partial charge is 0.507 e. The van der Waals surface area contributed by atoms with Crippen LogP contribution < -0.4 is 19.9 Å². The van der Waals surface area contributed by atoms with Crippen molar-refractivity contribution in [2.24, 2.45) is 0 Å². The normalized spacial score (nSPS) is 10.6. The monoisotopic (exact) mass is 449 g/mol. The molecule has 0 saturated carbocycles. The van der Waals surface area contributed by atoms with Crippen LogP contribution in [0, 0.1) is 0 Å². The third kappa shape index (κ3) is 4.84. The Bertz CT molecular complexity index is 1250. The van der Waals surface area contributed by atoms with Crippen LogP contribution in [0.3, 0.4) is 0 Å². The van der Waals surface area contributed by atoms with E-state index in [1.54, 1.807) is 37.4 Å². The predicted octanol–water partition coefficient (Wildman–Crippen LogP) is 5.46. The van der Waals surface area contributed by atoms with Gasteiger partial charge in [0.05, 0.1) is 13.3 Å². The van der Waals surface area contributed by atoms with Crippen molar-refractivity contribution in [1.29, 1.82) is 0 Å². The molecule has 0 bridgehead atoms. The molecule has 3 aromatic carbocycles. The van der Waals surface area contributed by atoms with Crippen LogP contribution in [0.5, 0.6) is 28.7 Å². The van der Waals surface area contributed by atoms with Gasteiger partial charge in [-0.05, 0) is 42.0 Å². The average molecular weight is 450 g/mol. The summed E-state index contributed by atoms with van der Waals surface area (Å²) in [4.78, 5) is 8.29. The Balaban J connectivity index is 1.61. The number of anilines is 1. The molecule has 0 saturated heterocycles. The van der Waals surface area contributed by atoms with E-state index in [9.17, 15) is 5.11 Å². The number of benzene rings is 3. The Labute approximate surface area is 190 Å². The van der Waals surface area contributed by atoms with E-state index in [0.717, 1.165) is 5.56 Å². The van der Waals surface area contributed by atoms with E-state index in [-0.39, 0.29) is 11.7 Å². The molecular formula is C24H20ClN3O4. The highest BCUT2D eigenvalue weighted by Crippen LogP contribution is 2.40. The molecule has 7 nitrogen and oxygen atoms in total. The molecule has 162 valence electrons. The Kier molecular flexibility index (Phi) is 6.28. The molecule has 4 rings (SSSR count). The van der Waals surface area contributed by atoms with E-state index in [4.69, 9.17) is 31.5 Å². The summed E-state index contributed by atoms with van der Waals surface area (Å²) in [7, 11) is 1.55. The Morgan fingerprint density at radius 1 is 0.969 bits per heavy atom. The lowest BCUT2D eigenvalue weighted by atomic mass is 10.1. The molecule has 0 aliphatic carbocycles. The van der Waals surface area contributed by atoms with Gasteiger partial charge >= 0.3 is 0 Å². The number of nitrogens with two attached hydrogens (primary N) is 1. The van der Waals surface area contributed by atoms with Crippen molar-refractivity contribution >= 4 is 17.5 Å². The minimum Gasteiger partial charge on any atom is -0.507 e. The topological polar surface area (TPSA) is 99.7 Å². The molecule has 0 fully saturated rings. The molecule has 1 heterocycles. The quantitative estimate of drug-likeness (QED) is 0.386. The second-order valence-electron chi connectivity index (χ2n) is 6.79. The number of hydrogen-bond donors (Lipinski definition) is 2. The van der Waals surface area contributed by atoms with Gasteiger partial charge in [-0.25, -0.2) is 9.97 Å². The van der Waals surface area contributed by atoms with Gasteiger partial charge in [0.1, 0.15) is 23.8 Å². The zero-order chi connectivity index (χ0) is 22.5. The van der Waals surface area contributed by atoms with Crippen LogP contribution in [-0.4, -0.2) is 22.2 Å². The van der Waals surface area contributed by atoms with Crippen molar-refractivity contribution in [2.75, 3.05) is 12.8 Å². The summed E-state index contributed by atoms with van der Waals surface area (Å²) in [6.45, 7) is 0.308. The van der Waals surface area contributed by atoms with Gasteiger partial charge in [0.2, 0.25) is 5.95 Å². The molecule has 4 aromatic rings. The van der Waals surface area contributed by atoms with Crippen LogP contribution in [0.2, 0.25) is 5.02 Å². The number of nitrogen functional groups attached to an aromatic ring is 1. The van der Waals surface area contributed by atoms with E-state index >= 15 is 0 Å². The molecule has 0 aliphatic heterocycles. The standard InChI is InChI=1S/C24H20ClN3O4/c1-30-20-7-2-3-8-21(20)32-22-13-27-24(26)28-23(22)18-10-9-17(12-19(18)29)31-14-15-5-4-6-16(25)11-15/h2-13,29H,14H2,1H3,(H2,26,27,28). The van der Waals surface area contributed by atoms with Crippen molar-refractivity contribution in [3.8, 4) is 40.0 Å². The maximum absolute atomic E-state index is 10.7. The van der Waals surface area contributed by atoms with Gasteiger partial charge < -0.3 is 25.1 Å². The third-order valence-electron chi connectivity index (χ3n) is 4.58. The molecule has 0 atom stereocenters. The van der Waals surface area contributed by atoms with Gasteiger partial charge in [-0.15, -0.1) is 0 Å². The van der Waals surface area contributed by atoms with Gasteiger partial charge in [0.15, 0.2) is 17.2 Å². The fourth-order valence-corrected chi connectivity index (χ4v) is 3.28. The van der Waals surface area contributed by atoms with E-state index in [1.807, 2.05) is 30.3 Å². The lowest BCUT2D eigenvalue weighted by Crippen LogP contribution is -2.00. The van der Waals surface area contributed by atoms with E-state index in [2.05, 4.69) is 9.97 Å². The van der Waals surface area contributed by atoms with E-state index in [0.29, 0.717) is 45.9 Å². The summed E-state index contributed by atoms with van der Waals surface area (Å²) < 4.78 is 17.1. The summed E-state index contributed by atoms with van der Waals surface area (Å²) in [5.41, 5.74) is 7.46. The lowest BCUT2D eigenvalue weighted by molar-refractivity contribution is 0.304. The van der Waals surface area contributed by atoms with Gasteiger partial charge in [0, 0.05) is 16.7 Å². The van der Waals surface area contributed by atoms with Crippen LogP contribution in [0.1, 0.15) is 5.56 Å². The first-order valence-electron chi connectivity index (χ1n) is 9.67. The minimum atomic E-state index is -0.0448. The van der Waals surface area contributed by atoms with Crippen LogP contribution >= 0.6 is 11.6 Å². The van der Waals surface area contributed by atoms with Gasteiger partial charge in [-0.2, -0.15) is 0 Å². The summed E-state index contributed by atoms with van der Waals surface area (Å²) in [6.07, 6.45) is 1.45. The number of aromatic nitrogens is 2. The summed E-state index contributed by atoms with van der Waals surface area (Å²) in [6, 6.07) is 19.5. The number of halogens is 1. The van der Waals surface area contributed by atoms with Crippen LogP contribution in [-0.2, 0) is 6.61 Å². The SMILES string of the molecule is COc1ccccc1Oc1cnc(N)nc1-c1ccc(OCc2cccc(Cl)c2)cc1O. The average Bonchev–Trinajstić information content (AvgIpc) is 2.79. The van der Waals surface area contributed by atoms with Crippen molar-refractivity contribution in [1.82, 2.24) is 9.97 Å². The number of rotatable bonds is 7. The van der Waals surface area contributed by atoms with Crippen LogP contribution in [0.4, 0.5) is 5.95 Å². The molecular weight excluding hydrogens is 430 g/mol. The molecule has 0 amide bonds. The fraction of sp³-hybridized carbons (Fsp3) is 0.0833. The second-order valence-corrected chi connectivity index (χ2v) is 7.23. The van der Waals surface area contributed by atoms with Crippen molar-refractivity contribution < 1.29 is 19.3 Å². The van der Waals surface area contributed by atoms with Crippen LogP contribution in [0.25, 0.3) is 11.3 Å². The van der Waals surface area contributed by atoms with Crippen molar-refractivity contribution in [2.45, 2.75) is 6.61 Å². The molecule has 0 unspecified atom stereocenters. The summed E-state index contributed by atoms with van der Waals surface area (Å²) in [5, 5.41) is 11.3. The Hall–Kier alpha value is -3.97. The molecule has 0 spiro atoms. The first-order chi connectivity index (χ1) is 15.5. The molecule has 8 heteroatoms. The highest BCUT2D eigenvalue weighted by Gasteiger charge is 2.17. The van der Waals surface area contributed by atoms with Gasteiger partial charge in [-0.1, -0.05) is 35.9 Å². The van der Waals surface area contributed by atoms with E-state index in [1.165, 1.54) is 12.3 Å². The van der Waals surface area contributed by atoms with Gasteiger partial charge in [0.25, 0.3) is 0 Å². The lowest BCUT2D eigenvalue weighted by Gasteiger charge is -2.14. The molecule has 0 aliphatic rings. The Morgan fingerprint density at radius 2 is 1.78 bits per heavy atom. The summed E-state index contributed by atoms with van der Waals surface area (Å²) in [5.74, 6) is 1.83. The number of aromatic hydroxyl groups is 1. The van der Waals surface area contributed by atoms with Crippen LogP contribution in [0.15, 0.2) is 72.9 Å². The predicted molar refractivity (Wildman–Crippen MR) is 122 cm³/mol.